The molecule has 1 aliphatic rings. The van der Waals surface area contributed by atoms with Gasteiger partial charge in [-0.25, -0.2) is 0 Å². The molecule has 1 aromatic carbocycles. The summed E-state index contributed by atoms with van der Waals surface area (Å²) in [6.45, 7) is 4.33. The Hall–Kier alpha value is -2.48. The summed E-state index contributed by atoms with van der Waals surface area (Å²) in [5.74, 6) is -2.22. The molecule has 8 heteroatoms. The van der Waals surface area contributed by atoms with Crippen molar-refractivity contribution in [2.45, 2.75) is 26.7 Å². The van der Waals surface area contributed by atoms with E-state index in [2.05, 4.69) is 5.32 Å². The van der Waals surface area contributed by atoms with E-state index in [0.29, 0.717) is 37.2 Å². The Bertz CT molecular complexity index is 682. The number of rotatable bonds is 6. The zero-order valence-electron chi connectivity index (χ0n) is 14.3. The van der Waals surface area contributed by atoms with Crippen LogP contribution in [-0.2, 0) is 9.53 Å². The average molecular weight is 350 g/mol. The molecule has 1 saturated heterocycles. The van der Waals surface area contributed by atoms with E-state index in [0.717, 1.165) is 0 Å². The van der Waals surface area contributed by atoms with Crippen molar-refractivity contribution in [3.05, 3.63) is 38.9 Å². The van der Waals surface area contributed by atoms with Gasteiger partial charge in [-0.2, -0.15) is 0 Å². The number of hydrogen-bond donors (Lipinski definition) is 2. The largest absolute Gasteiger partial charge is 0.481 e. The Morgan fingerprint density at radius 2 is 1.96 bits per heavy atom. The Morgan fingerprint density at radius 3 is 2.52 bits per heavy atom. The number of carbonyl (C=O) groups excluding carboxylic acids is 1. The third kappa shape index (κ3) is 4.54. The van der Waals surface area contributed by atoms with Crippen LogP contribution in [-0.4, -0.2) is 41.7 Å². The smallest absolute Gasteiger partial charge is 0.308 e. The summed E-state index contributed by atoms with van der Waals surface area (Å²) in [4.78, 5) is 34.5. The molecule has 25 heavy (non-hydrogen) atoms. The summed E-state index contributed by atoms with van der Waals surface area (Å²) in [5, 5.41) is 23.1. The highest BCUT2D eigenvalue weighted by molar-refractivity contribution is 5.96. The number of carbonyl (C=O) groups is 2. The van der Waals surface area contributed by atoms with Gasteiger partial charge in [0.25, 0.3) is 11.6 Å². The molecule has 1 aliphatic heterocycles. The zero-order valence-corrected chi connectivity index (χ0v) is 14.3. The first-order valence-electron chi connectivity index (χ1n) is 8.15. The lowest BCUT2D eigenvalue weighted by molar-refractivity contribution is -0.385. The van der Waals surface area contributed by atoms with Gasteiger partial charge in [0.15, 0.2) is 0 Å². The van der Waals surface area contributed by atoms with Crippen LogP contribution in [0.5, 0.6) is 0 Å². The maximum atomic E-state index is 12.4. The van der Waals surface area contributed by atoms with Gasteiger partial charge < -0.3 is 15.2 Å². The van der Waals surface area contributed by atoms with Crippen molar-refractivity contribution in [3.8, 4) is 0 Å². The average Bonchev–Trinajstić information content (AvgIpc) is 2.55. The van der Waals surface area contributed by atoms with E-state index in [9.17, 15) is 24.8 Å². The number of aliphatic carboxylic acids is 1. The number of nitrogens with zero attached hydrogens (tertiary/aromatic N) is 1. The summed E-state index contributed by atoms with van der Waals surface area (Å²) in [7, 11) is 0. The summed E-state index contributed by atoms with van der Waals surface area (Å²) < 4.78 is 5.24. The maximum absolute atomic E-state index is 12.4. The summed E-state index contributed by atoms with van der Waals surface area (Å²) in [6.07, 6.45) is 1.28. The normalized spacial score (nSPS) is 16.2. The minimum atomic E-state index is -0.959. The third-order valence-electron chi connectivity index (χ3n) is 4.62. The van der Waals surface area contributed by atoms with Gasteiger partial charge in [0, 0.05) is 37.0 Å². The molecule has 1 fully saturated rings. The molecule has 0 aliphatic carbocycles. The number of carboxylic acid groups (broad SMARTS) is 1. The molecule has 1 heterocycles. The summed E-state index contributed by atoms with van der Waals surface area (Å²) >= 11 is 0. The number of benzene rings is 1. The van der Waals surface area contributed by atoms with Gasteiger partial charge in [-0.3, -0.25) is 19.7 Å². The third-order valence-corrected chi connectivity index (χ3v) is 4.62. The van der Waals surface area contributed by atoms with Crippen LogP contribution < -0.4 is 5.32 Å². The standard InChI is InChI=1S/C17H22N2O6/c1-10-7-11(2)15(19(23)24)8-13(10)16(20)18-9-14(17(21)22)12-3-5-25-6-4-12/h7-8,12,14H,3-6,9H2,1-2H3,(H,18,20)(H,21,22). The second-order valence-corrected chi connectivity index (χ2v) is 6.32. The van der Waals surface area contributed by atoms with Gasteiger partial charge in [0.2, 0.25) is 0 Å². The first-order valence-corrected chi connectivity index (χ1v) is 8.15. The molecule has 0 bridgehead atoms. The molecule has 0 spiro atoms. The Balaban J connectivity index is 2.11. The quantitative estimate of drug-likeness (QED) is 0.599. The lowest BCUT2D eigenvalue weighted by Crippen LogP contribution is -2.39. The second kappa shape index (κ2) is 8.06. The fourth-order valence-electron chi connectivity index (χ4n) is 3.15. The Kier molecular flexibility index (Phi) is 6.08. The minimum Gasteiger partial charge on any atom is -0.481 e. The maximum Gasteiger partial charge on any atom is 0.308 e. The van der Waals surface area contributed by atoms with Gasteiger partial charge in [-0.1, -0.05) is 0 Å². The van der Waals surface area contributed by atoms with Crippen molar-refractivity contribution in [1.82, 2.24) is 5.32 Å². The first-order chi connectivity index (χ1) is 11.8. The van der Waals surface area contributed by atoms with Crippen molar-refractivity contribution in [2.75, 3.05) is 19.8 Å². The van der Waals surface area contributed by atoms with Crippen molar-refractivity contribution >= 4 is 17.6 Å². The molecule has 1 unspecified atom stereocenters. The van der Waals surface area contributed by atoms with Crippen LogP contribution in [0.25, 0.3) is 0 Å². The van der Waals surface area contributed by atoms with Crippen molar-refractivity contribution in [1.29, 1.82) is 0 Å². The first kappa shape index (κ1) is 18.9. The molecular formula is C17H22N2O6. The van der Waals surface area contributed by atoms with E-state index < -0.39 is 22.7 Å². The number of amides is 1. The van der Waals surface area contributed by atoms with Gasteiger partial charge in [0.05, 0.1) is 10.8 Å². The van der Waals surface area contributed by atoms with Gasteiger partial charge >= 0.3 is 5.97 Å². The van der Waals surface area contributed by atoms with E-state index in [-0.39, 0.29) is 23.7 Å². The molecule has 0 saturated carbocycles. The van der Waals surface area contributed by atoms with Crippen molar-refractivity contribution in [2.24, 2.45) is 11.8 Å². The Morgan fingerprint density at radius 1 is 1.32 bits per heavy atom. The number of carboxylic acids is 1. The monoisotopic (exact) mass is 350 g/mol. The molecule has 1 amide bonds. The predicted octanol–water partition coefficient (Wildman–Crippen LogP) is 2.07. The number of nitro groups is 1. The van der Waals surface area contributed by atoms with E-state index in [1.54, 1.807) is 19.9 Å². The number of ether oxygens (including phenoxy) is 1. The molecular weight excluding hydrogens is 328 g/mol. The predicted molar refractivity (Wildman–Crippen MR) is 89.6 cm³/mol. The zero-order chi connectivity index (χ0) is 18.6. The topological polar surface area (TPSA) is 119 Å². The summed E-state index contributed by atoms with van der Waals surface area (Å²) in [6, 6.07) is 2.82. The summed E-state index contributed by atoms with van der Waals surface area (Å²) in [5.41, 5.74) is 1.14. The van der Waals surface area contributed by atoms with Crippen LogP contribution in [0.3, 0.4) is 0 Å². The Labute approximate surface area is 145 Å². The highest BCUT2D eigenvalue weighted by Gasteiger charge is 2.30. The van der Waals surface area contributed by atoms with E-state index in [1.165, 1.54) is 6.07 Å². The van der Waals surface area contributed by atoms with Crippen LogP contribution >= 0.6 is 0 Å². The molecule has 0 aromatic heterocycles. The minimum absolute atomic E-state index is 0.0139. The van der Waals surface area contributed by atoms with Crippen LogP contribution in [0.4, 0.5) is 5.69 Å². The molecule has 8 nitrogen and oxygen atoms in total. The van der Waals surface area contributed by atoms with E-state index in [1.807, 2.05) is 0 Å². The fourth-order valence-corrected chi connectivity index (χ4v) is 3.15. The number of aryl methyl sites for hydroxylation is 2. The lowest BCUT2D eigenvalue weighted by Gasteiger charge is -2.27. The highest BCUT2D eigenvalue weighted by atomic mass is 16.6. The van der Waals surface area contributed by atoms with E-state index >= 15 is 0 Å². The molecule has 1 aromatic rings. The van der Waals surface area contributed by atoms with Gasteiger partial charge in [0.1, 0.15) is 0 Å². The number of nitrogens with one attached hydrogen (secondary N) is 1. The molecule has 2 rings (SSSR count). The molecule has 0 radical (unpaired) electrons. The van der Waals surface area contributed by atoms with E-state index in [4.69, 9.17) is 4.74 Å². The van der Waals surface area contributed by atoms with Crippen LogP contribution in [0.15, 0.2) is 12.1 Å². The van der Waals surface area contributed by atoms with Gasteiger partial charge in [-0.05, 0) is 44.2 Å². The molecule has 2 N–H and O–H groups in total. The fraction of sp³-hybridized carbons (Fsp3) is 0.529. The van der Waals surface area contributed by atoms with Crippen LogP contribution in [0.2, 0.25) is 0 Å². The van der Waals surface area contributed by atoms with Crippen molar-refractivity contribution < 1.29 is 24.4 Å². The highest BCUT2D eigenvalue weighted by Crippen LogP contribution is 2.25. The molecule has 1 atom stereocenters. The van der Waals surface area contributed by atoms with Crippen molar-refractivity contribution in [3.63, 3.8) is 0 Å². The number of nitro benzene ring substituents is 1. The number of hydrogen-bond acceptors (Lipinski definition) is 5. The SMILES string of the molecule is Cc1cc(C)c([N+](=O)[O-])cc1C(=O)NCC(C(=O)O)C1CCOCC1. The molecule has 136 valence electrons. The van der Waals surface area contributed by atoms with Crippen LogP contribution in [0, 0.1) is 35.8 Å². The lowest BCUT2D eigenvalue weighted by atomic mass is 9.86. The second-order valence-electron chi connectivity index (χ2n) is 6.32. The van der Waals surface area contributed by atoms with Crippen LogP contribution in [0.1, 0.15) is 34.3 Å². The van der Waals surface area contributed by atoms with Gasteiger partial charge in [-0.15, -0.1) is 0 Å².